The van der Waals surface area contributed by atoms with E-state index in [2.05, 4.69) is 10.0 Å². The Kier molecular flexibility index (Phi) is 5.20. The van der Waals surface area contributed by atoms with Gasteiger partial charge in [0.05, 0.1) is 23.7 Å². The van der Waals surface area contributed by atoms with E-state index < -0.39 is 16.1 Å². The van der Waals surface area contributed by atoms with Gasteiger partial charge in [-0.3, -0.25) is 4.79 Å². The molecule has 27 heavy (non-hydrogen) atoms. The van der Waals surface area contributed by atoms with Gasteiger partial charge in [0.15, 0.2) is 0 Å². The number of hydrogen-bond donors (Lipinski definition) is 2. The molecule has 1 aromatic heterocycles. The summed E-state index contributed by atoms with van der Waals surface area (Å²) in [6.07, 6.45) is 0. The Morgan fingerprint density at radius 2 is 1.89 bits per heavy atom. The second-order valence-electron chi connectivity index (χ2n) is 6.07. The summed E-state index contributed by atoms with van der Waals surface area (Å²) in [5.41, 5.74) is 1.09. The molecule has 142 valence electrons. The van der Waals surface area contributed by atoms with Crippen molar-refractivity contribution in [1.29, 1.82) is 0 Å². The molecule has 2 aromatic carbocycles. The number of rotatable bonds is 6. The van der Waals surface area contributed by atoms with Gasteiger partial charge in [-0.15, -0.1) is 0 Å². The molecule has 0 fully saturated rings. The minimum atomic E-state index is -3.83. The van der Waals surface area contributed by atoms with Crippen LogP contribution in [0, 0.1) is 0 Å². The van der Waals surface area contributed by atoms with Gasteiger partial charge < -0.3 is 14.5 Å². The Bertz CT molecular complexity index is 1060. The lowest BCUT2D eigenvalue weighted by Gasteiger charge is -2.14. The summed E-state index contributed by atoms with van der Waals surface area (Å²) in [6, 6.07) is 13.0. The fourth-order valence-corrected chi connectivity index (χ4v) is 3.93. The molecule has 0 aliphatic rings. The second-order valence-corrected chi connectivity index (χ2v) is 7.79. The molecule has 1 amide bonds. The number of carbonyl (C=O) groups excluding carboxylic acids is 1. The van der Waals surface area contributed by atoms with Crippen molar-refractivity contribution in [2.45, 2.75) is 24.8 Å². The first-order valence-corrected chi connectivity index (χ1v) is 9.75. The molecule has 0 saturated heterocycles. The molecule has 3 rings (SSSR count). The Morgan fingerprint density at radius 1 is 1.15 bits per heavy atom. The quantitative estimate of drug-likeness (QED) is 0.674. The van der Waals surface area contributed by atoms with E-state index >= 15 is 0 Å². The van der Waals surface area contributed by atoms with Crippen molar-refractivity contribution in [1.82, 2.24) is 4.72 Å². The maximum absolute atomic E-state index is 12.7. The third-order valence-corrected chi connectivity index (χ3v) is 5.54. The predicted octanol–water partition coefficient (Wildman–Crippen LogP) is 3.44. The first kappa shape index (κ1) is 18.9. The molecular weight excluding hydrogens is 368 g/mol. The summed E-state index contributed by atoms with van der Waals surface area (Å²) >= 11 is 0. The van der Waals surface area contributed by atoms with Crippen molar-refractivity contribution < 1.29 is 22.4 Å². The standard InChI is InChI=1S/C19H20N2O5S/c1-12(18-10-14-6-4-5-7-17(14)26-18)21-27(23,24)15-8-9-16(20-13(2)22)19(11-15)25-3/h4-12,21H,1-3H3,(H,20,22)/t12-/m0/s1. The molecule has 0 saturated carbocycles. The monoisotopic (exact) mass is 388 g/mol. The number of sulfonamides is 1. The molecule has 7 nitrogen and oxygen atoms in total. The highest BCUT2D eigenvalue weighted by molar-refractivity contribution is 7.89. The van der Waals surface area contributed by atoms with E-state index in [1.54, 1.807) is 6.92 Å². The molecule has 8 heteroatoms. The summed E-state index contributed by atoms with van der Waals surface area (Å²) < 4.78 is 39.0. The Balaban J connectivity index is 1.86. The van der Waals surface area contributed by atoms with E-state index in [1.165, 1.54) is 32.2 Å². The van der Waals surface area contributed by atoms with Gasteiger partial charge >= 0.3 is 0 Å². The van der Waals surface area contributed by atoms with Crippen LogP contribution in [0.25, 0.3) is 11.0 Å². The van der Waals surface area contributed by atoms with Crippen LogP contribution < -0.4 is 14.8 Å². The highest BCUT2D eigenvalue weighted by atomic mass is 32.2. The molecule has 1 heterocycles. The molecule has 0 unspecified atom stereocenters. The van der Waals surface area contributed by atoms with Gasteiger partial charge in [-0.1, -0.05) is 18.2 Å². The predicted molar refractivity (Wildman–Crippen MR) is 102 cm³/mol. The molecule has 0 bridgehead atoms. The third-order valence-electron chi connectivity index (χ3n) is 4.00. The smallest absolute Gasteiger partial charge is 0.241 e. The van der Waals surface area contributed by atoms with Gasteiger partial charge in [-0.25, -0.2) is 13.1 Å². The average Bonchev–Trinajstić information content (AvgIpc) is 3.05. The van der Waals surface area contributed by atoms with Crippen molar-refractivity contribution in [2.75, 3.05) is 12.4 Å². The Morgan fingerprint density at radius 3 is 2.56 bits per heavy atom. The third kappa shape index (κ3) is 4.12. The van der Waals surface area contributed by atoms with Crippen LogP contribution in [-0.4, -0.2) is 21.4 Å². The molecule has 3 aromatic rings. The van der Waals surface area contributed by atoms with Gasteiger partial charge in [-0.05, 0) is 31.2 Å². The maximum atomic E-state index is 12.7. The number of ether oxygens (including phenoxy) is 1. The highest BCUT2D eigenvalue weighted by Gasteiger charge is 2.22. The van der Waals surface area contributed by atoms with Crippen LogP contribution in [0.5, 0.6) is 5.75 Å². The summed E-state index contributed by atoms with van der Waals surface area (Å²) in [4.78, 5) is 11.3. The zero-order valence-corrected chi connectivity index (χ0v) is 16.0. The number of anilines is 1. The zero-order chi connectivity index (χ0) is 19.6. The van der Waals surface area contributed by atoms with E-state index in [9.17, 15) is 13.2 Å². The number of hydrogen-bond acceptors (Lipinski definition) is 5. The molecule has 0 radical (unpaired) electrons. The van der Waals surface area contributed by atoms with Crippen LogP contribution in [0.4, 0.5) is 5.69 Å². The minimum absolute atomic E-state index is 0.0245. The lowest BCUT2D eigenvalue weighted by molar-refractivity contribution is -0.114. The van der Waals surface area contributed by atoms with Crippen LogP contribution in [0.15, 0.2) is 57.8 Å². The molecule has 2 N–H and O–H groups in total. The van der Waals surface area contributed by atoms with Gasteiger partial charge in [0.2, 0.25) is 15.9 Å². The maximum Gasteiger partial charge on any atom is 0.241 e. The summed E-state index contributed by atoms with van der Waals surface area (Å²) in [5.74, 6) is 0.492. The van der Waals surface area contributed by atoms with Crippen molar-refractivity contribution in [3.63, 3.8) is 0 Å². The number of methoxy groups -OCH3 is 1. The number of fused-ring (bicyclic) bond motifs is 1. The molecule has 0 aliphatic heterocycles. The van der Waals surface area contributed by atoms with Crippen LogP contribution >= 0.6 is 0 Å². The molecule has 0 aliphatic carbocycles. The van der Waals surface area contributed by atoms with E-state index in [-0.39, 0.29) is 16.6 Å². The molecule has 0 spiro atoms. The van der Waals surface area contributed by atoms with Crippen molar-refractivity contribution in [2.24, 2.45) is 0 Å². The van der Waals surface area contributed by atoms with Gasteiger partial charge in [0, 0.05) is 18.4 Å². The number of para-hydroxylation sites is 1. The number of amides is 1. The SMILES string of the molecule is COc1cc(S(=O)(=O)N[C@@H](C)c2cc3ccccc3o2)ccc1NC(C)=O. The zero-order valence-electron chi connectivity index (χ0n) is 15.1. The summed E-state index contributed by atoms with van der Waals surface area (Å²) in [5, 5.41) is 3.49. The van der Waals surface area contributed by atoms with E-state index in [0.29, 0.717) is 17.0 Å². The normalized spacial score (nSPS) is 12.7. The Hall–Kier alpha value is -2.84. The van der Waals surface area contributed by atoms with Gasteiger partial charge in [0.25, 0.3) is 0 Å². The lowest BCUT2D eigenvalue weighted by Crippen LogP contribution is -2.26. The van der Waals surface area contributed by atoms with Crippen LogP contribution in [-0.2, 0) is 14.8 Å². The van der Waals surface area contributed by atoms with Gasteiger partial charge in [0.1, 0.15) is 17.1 Å². The average molecular weight is 388 g/mol. The fraction of sp³-hybridized carbons (Fsp3) is 0.211. The topological polar surface area (TPSA) is 97.6 Å². The first-order valence-electron chi connectivity index (χ1n) is 8.26. The molecular formula is C19H20N2O5S. The second kappa shape index (κ2) is 7.42. The first-order chi connectivity index (χ1) is 12.8. The van der Waals surface area contributed by atoms with Crippen molar-refractivity contribution in [3.8, 4) is 5.75 Å². The highest BCUT2D eigenvalue weighted by Crippen LogP contribution is 2.29. The van der Waals surface area contributed by atoms with Crippen LogP contribution in [0.2, 0.25) is 0 Å². The summed E-state index contributed by atoms with van der Waals surface area (Å²) in [7, 11) is -2.42. The minimum Gasteiger partial charge on any atom is -0.495 e. The van der Waals surface area contributed by atoms with Gasteiger partial charge in [-0.2, -0.15) is 0 Å². The lowest BCUT2D eigenvalue weighted by atomic mass is 10.2. The number of benzene rings is 2. The largest absolute Gasteiger partial charge is 0.495 e. The van der Waals surface area contributed by atoms with E-state index in [0.717, 1.165) is 5.39 Å². The molecule has 1 atom stereocenters. The number of nitrogens with one attached hydrogen (secondary N) is 2. The fourth-order valence-electron chi connectivity index (χ4n) is 2.71. The van der Waals surface area contributed by atoms with Crippen molar-refractivity contribution >= 4 is 32.6 Å². The number of carbonyl (C=O) groups is 1. The Labute approximate surface area is 157 Å². The van der Waals surface area contributed by atoms with E-state index in [1.807, 2.05) is 30.3 Å². The number of furan rings is 1. The van der Waals surface area contributed by atoms with Crippen LogP contribution in [0.1, 0.15) is 25.6 Å². The van der Waals surface area contributed by atoms with Crippen molar-refractivity contribution in [3.05, 3.63) is 54.3 Å². The van der Waals surface area contributed by atoms with Crippen LogP contribution in [0.3, 0.4) is 0 Å². The summed E-state index contributed by atoms with van der Waals surface area (Å²) in [6.45, 7) is 3.07. The van der Waals surface area contributed by atoms with E-state index in [4.69, 9.17) is 9.15 Å².